The summed E-state index contributed by atoms with van der Waals surface area (Å²) in [5.41, 5.74) is 3.38. The number of carbonyl (C=O) groups is 2. The molecule has 3 aromatic rings. The molecule has 3 amide bonds. The summed E-state index contributed by atoms with van der Waals surface area (Å²) < 4.78 is 5.26. The molecule has 0 unspecified atom stereocenters. The molecule has 30 heavy (non-hydrogen) atoms. The number of rotatable bonds is 5. The van der Waals surface area contributed by atoms with Gasteiger partial charge in [0.15, 0.2) is 0 Å². The van der Waals surface area contributed by atoms with Crippen LogP contribution in [0.5, 0.6) is 0 Å². The van der Waals surface area contributed by atoms with E-state index in [0.29, 0.717) is 30.8 Å². The van der Waals surface area contributed by atoms with Gasteiger partial charge in [0.2, 0.25) is 0 Å². The second-order valence-corrected chi connectivity index (χ2v) is 7.33. The van der Waals surface area contributed by atoms with Crippen molar-refractivity contribution < 1.29 is 14.0 Å². The van der Waals surface area contributed by atoms with E-state index < -0.39 is 0 Å². The third-order valence-electron chi connectivity index (χ3n) is 5.24. The Kier molecular flexibility index (Phi) is 6.13. The van der Waals surface area contributed by atoms with Crippen LogP contribution in [0, 0.1) is 0 Å². The minimum Gasteiger partial charge on any atom is -0.469 e. The number of aryl methyl sites for hydroxylation is 1. The summed E-state index contributed by atoms with van der Waals surface area (Å²) in [6.07, 6.45) is 5.30. The second-order valence-electron chi connectivity index (χ2n) is 7.33. The van der Waals surface area contributed by atoms with Crippen molar-refractivity contribution in [2.75, 3.05) is 23.3 Å². The lowest BCUT2D eigenvalue weighted by molar-refractivity contribution is 0.0953. The Morgan fingerprint density at radius 2 is 1.80 bits per heavy atom. The lowest BCUT2D eigenvalue weighted by Crippen LogP contribution is -2.35. The van der Waals surface area contributed by atoms with Gasteiger partial charge >= 0.3 is 6.03 Å². The lowest BCUT2D eigenvalue weighted by atomic mass is 10.1. The summed E-state index contributed by atoms with van der Waals surface area (Å²) >= 11 is 0. The van der Waals surface area contributed by atoms with Gasteiger partial charge in [-0.15, -0.1) is 0 Å². The highest BCUT2D eigenvalue weighted by Gasteiger charge is 2.21. The average Bonchev–Trinajstić information content (AvgIpc) is 3.19. The molecule has 2 heterocycles. The van der Waals surface area contributed by atoms with Crippen molar-refractivity contribution in [1.82, 2.24) is 5.32 Å². The van der Waals surface area contributed by atoms with Gasteiger partial charge in [0.25, 0.3) is 5.91 Å². The number of furan rings is 1. The molecule has 0 bridgehead atoms. The van der Waals surface area contributed by atoms with Gasteiger partial charge in [0, 0.05) is 36.4 Å². The van der Waals surface area contributed by atoms with Gasteiger partial charge in [0.1, 0.15) is 5.76 Å². The molecule has 1 aliphatic heterocycles. The van der Waals surface area contributed by atoms with Crippen LogP contribution in [0.3, 0.4) is 0 Å². The van der Waals surface area contributed by atoms with Crippen LogP contribution < -0.4 is 15.5 Å². The van der Waals surface area contributed by atoms with Gasteiger partial charge in [-0.25, -0.2) is 4.79 Å². The monoisotopic (exact) mass is 403 g/mol. The Bertz CT molecular complexity index is 997. The summed E-state index contributed by atoms with van der Waals surface area (Å²) in [5.74, 6) is 0.685. The van der Waals surface area contributed by atoms with Gasteiger partial charge in [-0.1, -0.05) is 18.2 Å². The fourth-order valence-electron chi connectivity index (χ4n) is 3.65. The van der Waals surface area contributed by atoms with Gasteiger partial charge in [0.05, 0.1) is 6.26 Å². The molecule has 6 nitrogen and oxygen atoms in total. The minimum atomic E-state index is -0.153. The van der Waals surface area contributed by atoms with Crippen molar-refractivity contribution in [1.29, 1.82) is 0 Å². The molecule has 0 atom stereocenters. The standard InChI is InChI=1S/C24H25N3O3/c28-23(25-15-14-21-8-5-17-30-21)19-10-12-20(13-11-19)26-24(29)27-16-4-3-7-18-6-1-2-9-22(18)27/h1-2,5-6,8-13,17H,3-4,7,14-16H2,(H,25,28)(H,26,29). The maximum absolute atomic E-state index is 12.9. The summed E-state index contributed by atoms with van der Waals surface area (Å²) in [7, 11) is 0. The van der Waals surface area contributed by atoms with Crippen molar-refractivity contribution in [3.8, 4) is 0 Å². The average molecular weight is 403 g/mol. The molecule has 0 fully saturated rings. The van der Waals surface area contributed by atoms with E-state index in [0.717, 1.165) is 30.7 Å². The molecular formula is C24H25N3O3. The number of amides is 3. The van der Waals surface area contributed by atoms with E-state index >= 15 is 0 Å². The number of anilines is 2. The van der Waals surface area contributed by atoms with Crippen LogP contribution in [0.1, 0.15) is 34.5 Å². The highest BCUT2D eigenvalue weighted by atomic mass is 16.3. The molecule has 0 radical (unpaired) electrons. The smallest absolute Gasteiger partial charge is 0.326 e. The highest BCUT2D eigenvalue weighted by Crippen LogP contribution is 2.26. The van der Waals surface area contributed by atoms with Gasteiger partial charge in [-0.3, -0.25) is 9.69 Å². The van der Waals surface area contributed by atoms with E-state index in [4.69, 9.17) is 4.42 Å². The predicted molar refractivity (Wildman–Crippen MR) is 117 cm³/mol. The largest absolute Gasteiger partial charge is 0.469 e. The summed E-state index contributed by atoms with van der Waals surface area (Å²) in [4.78, 5) is 27.0. The predicted octanol–water partition coefficient (Wildman–Crippen LogP) is 4.63. The quantitative estimate of drug-likeness (QED) is 0.652. The maximum Gasteiger partial charge on any atom is 0.326 e. The van der Waals surface area contributed by atoms with E-state index in [1.165, 1.54) is 5.56 Å². The minimum absolute atomic E-state index is 0.152. The number of fused-ring (bicyclic) bond motifs is 1. The molecule has 0 aliphatic carbocycles. The zero-order chi connectivity index (χ0) is 20.8. The molecule has 4 rings (SSSR count). The number of hydrogen-bond acceptors (Lipinski definition) is 3. The zero-order valence-electron chi connectivity index (χ0n) is 16.8. The third kappa shape index (κ3) is 4.71. The molecule has 6 heteroatoms. The van der Waals surface area contributed by atoms with Crippen molar-refractivity contribution in [3.63, 3.8) is 0 Å². The summed E-state index contributed by atoms with van der Waals surface area (Å²) in [5, 5.41) is 5.82. The van der Waals surface area contributed by atoms with Crippen LogP contribution in [0.2, 0.25) is 0 Å². The van der Waals surface area contributed by atoms with Crippen molar-refractivity contribution in [3.05, 3.63) is 83.8 Å². The van der Waals surface area contributed by atoms with Crippen molar-refractivity contribution in [2.24, 2.45) is 0 Å². The molecule has 2 N–H and O–H groups in total. The fraction of sp³-hybridized carbons (Fsp3) is 0.250. The summed E-state index contributed by atoms with van der Waals surface area (Å²) in [6, 6.07) is 18.5. The van der Waals surface area contributed by atoms with Crippen molar-refractivity contribution >= 4 is 23.3 Å². The molecule has 1 aliphatic rings. The molecule has 0 saturated heterocycles. The zero-order valence-corrected chi connectivity index (χ0v) is 16.8. The second kappa shape index (κ2) is 9.31. The van der Waals surface area contributed by atoms with E-state index in [1.54, 1.807) is 35.4 Å². The SMILES string of the molecule is O=C(NCCc1ccco1)c1ccc(NC(=O)N2CCCCc3ccccc32)cc1. The van der Waals surface area contributed by atoms with Gasteiger partial charge in [-0.05, 0) is 67.3 Å². The topological polar surface area (TPSA) is 74.6 Å². The normalized spacial score (nSPS) is 13.3. The van der Waals surface area contributed by atoms with E-state index in [1.807, 2.05) is 30.3 Å². The molecule has 0 saturated carbocycles. The fourth-order valence-corrected chi connectivity index (χ4v) is 3.65. The van der Waals surface area contributed by atoms with E-state index in [9.17, 15) is 9.59 Å². The molecule has 0 spiro atoms. The highest BCUT2D eigenvalue weighted by molar-refractivity contribution is 6.02. The molecule has 2 aromatic carbocycles. The summed E-state index contributed by atoms with van der Waals surface area (Å²) in [6.45, 7) is 1.19. The van der Waals surface area contributed by atoms with Gasteiger partial charge < -0.3 is 15.1 Å². The molecular weight excluding hydrogens is 378 g/mol. The first kappa shape index (κ1) is 19.8. The van der Waals surface area contributed by atoms with Crippen LogP contribution in [-0.4, -0.2) is 25.0 Å². The maximum atomic E-state index is 12.9. The number of para-hydroxylation sites is 1. The van der Waals surface area contributed by atoms with E-state index in [2.05, 4.69) is 16.7 Å². The first-order valence-corrected chi connectivity index (χ1v) is 10.3. The van der Waals surface area contributed by atoms with Crippen LogP contribution >= 0.6 is 0 Å². The van der Waals surface area contributed by atoms with Crippen LogP contribution in [-0.2, 0) is 12.8 Å². The number of urea groups is 1. The number of benzene rings is 2. The Morgan fingerprint density at radius 3 is 2.60 bits per heavy atom. The molecule has 154 valence electrons. The van der Waals surface area contributed by atoms with Gasteiger partial charge in [-0.2, -0.15) is 0 Å². The number of carbonyl (C=O) groups excluding carboxylic acids is 2. The Morgan fingerprint density at radius 1 is 0.967 bits per heavy atom. The number of nitrogens with zero attached hydrogens (tertiary/aromatic N) is 1. The Hall–Kier alpha value is -3.54. The third-order valence-corrected chi connectivity index (χ3v) is 5.24. The van der Waals surface area contributed by atoms with Crippen LogP contribution in [0.15, 0.2) is 71.3 Å². The Labute approximate surface area is 175 Å². The van der Waals surface area contributed by atoms with Crippen LogP contribution in [0.4, 0.5) is 16.2 Å². The lowest BCUT2D eigenvalue weighted by Gasteiger charge is -2.23. The Balaban J connectivity index is 1.35. The first-order valence-electron chi connectivity index (χ1n) is 10.3. The first-order chi connectivity index (χ1) is 14.7. The number of nitrogens with one attached hydrogen (secondary N) is 2. The number of hydrogen-bond donors (Lipinski definition) is 2. The van der Waals surface area contributed by atoms with Crippen LogP contribution in [0.25, 0.3) is 0 Å². The van der Waals surface area contributed by atoms with E-state index in [-0.39, 0.29) is 11.9 Å². The van der Waals surface area contributed by atoms with Crippen molar-refractivity contribution in [2.45, 2.75) is 25.7 Å². The molecule has 1 aromatic heterocycles.